The largest absolute Gasteiger partial charge is 0.504 e. The summed E-state index contributed by atoms with van der Waals surface area (Å²) >= 11 is 1.62. The summed E-state index contributed by atoms with van der Waals surface area (Å²) in [6.45, 7) is 3.52. The summed E-state index contributed by atoms with van der Waals surface area (Å²) < 4.78 is 0. The molecule has 0 bridgehead atoms. The number of nitrogens with one attached hydrogen (secondary N) is 1. The molecule has 2 aromatic rings. The number of phenols is 3. The van der Waals surface area contributed by atoms with Crippen molar-refractivity contribution in [3.63, 3.8) is 0 Å². The number of hydrogen-bond acceptors (Lipinski definition) is 6. The number of phenolic OH excluding ortho intramolecular Hbond substituents is 3. The van der Waals surface area contributed by atoms with Crippen LogP contribution in [0.3, 0.4) is 0 Å². The van der Waals surface area contributed by atoms with Gasteiger partial charge in [0.1, 0.15) is 0 Å². The highest BCUT2D eigenvalue weighted by atomic mass is 32.1. The Labute approximate surface area is 127 Å². The minimum atomic E-state index is -0.454. The normalized spacial score (nSPS) is 17.7. The van der Waals surface area contributed by atoms with Crippen molar-refractivity contribution in [3.05, 3.63) is 40.1 Å². The second kappa shape index (κ2) is 5.93. The minimum Gasteiger partial charge on any atom is -0.504 e. The van der Waals surface area contributed by atoms with E-state index in [0.717, 1.165) is 31.1 Å². The van der Waals surface area contributed by atoms with E-state index in [1.54, 1.807) is 17.4 Å². The van der Waals surface area contributed by atoms with Gasteiger partial charge in [-0.15, -0.1) is 11.3 Å². The lowest BCUT2D eigenvalue weighted by Gasteiger charge is -2.35. The molecule has 1 aromatic carbocycles. The summed E-state index contributed by atoms with van der Waals surface area (Å²) in [6.07, 6.45) is 0. The summed E-state index contributed by atoms with van der Waals surface area (Å²) in [5.74, 6) is -1.00. The summed E-state index contributed by atoms with van der Waals surface area (Å²) in [4.78, 5) is 3.38. The van der Waals surface area contributed by atoms with Crippen molar-refractivity contribution < 1.29 is 15.3 Å². The molecule has 1 fully saturated rings. The van der Waals surface area contributed by atoms with E-state index in [0.29, 0.717) is 5.56 Å². The first-order valence-electron chi connectivity index (χ1n) is 6.90. The second-order valence-electron chi connectivity index (χ2n) is 5.08. The van der Waals surface area contributed by atoms with E-state index >= 15 is 0 Å². The van der Waals surface area contributed by atoms with E-state index in [4.69, 9.17) is 0 Å². The molecule has 0 radical (unpaired) electrons. The highest BCUT2D eigenvalue weighted by molar-refractivity contribution is 7.10. The topological polar surface area (TPSA) is 76.0 Å². The van der Waals surface area contributed by atoms with E-state index < -0.39 is 5.75 Å². The molecule has 1 aromatic heterocycles. The molecule has 0 aliphatic carbocycles. The zero-order valence-electron chi connectivity index (χ0n) is 11.5. The molecular weight excluding hydrogens is 288 g/mol. The number of thiophene rings is 1. The minimum absolute atomic E-state index is 0.112. The molecule has 0 saturated carbocycles. The van der Waals surface area contributed by atoms with E-state index in [1.807, 2.05) is 17.5 Å². The molecule has 1 saturated heterocycles. The van der Waals surface area contributed by atoms with Crippen LogP contribution < -0.4 is 5.32 Å². The first kappa shape index (κ1) is 14.2. The van der Waals surface area contributed by atoms with E-state index in [-0.39, 0.29) is 17.5 Å². The Morgan fingerprint density at radius 3 is 2.48 bits per heavy atom. The highest BCUT2D eigenvalue weighted by Crippen LogP contribution is 2.44. The maximum Gasteiger partial charge on any atom is 0.200 e. The van der Waals surface area contributed by atoms with Crippen molar-refractivity contribution in [1.29, 1.82) is 0 Å². The molecule has 21 heavy (non-hydrogen) atoms. The number of aromatic hydroxyl groups is 3. The van der Waals surface area contributed by atoms with E-state index in [2.05, 4.69) is 10.2 Å². The van der Waals surface area contributed by atoms with Crippen molar-refractivity contribution in [1.82, 2.24) is 10.2 Å². The fourth-order valence-electron chi connectivity index (χ4n) is 2.72. The fourth-order valence-corrected chi connectivity index (χ4v) is 3.60. The third-order valence-corrected chi connectivity index (χ3v) is 4.71. The van der Waals surface area contributed by atoms with Crippen LogP contribution in [-0.4, -0.2) is 46.4 Å². The summed E-state index contributed by atoms with van der Waals surface area (Å²) in [7, 11) is 0. The Balaban J connectivity index is 2.05. The molecule has 1 aliphatic heterocycles. The SMILES string of the molecule is Oc1ccc([C@@H](c2cccs2)N2CCNCC2)c(O)c1O. The van der Waals surface area contributed by atoms with Crippen LogP contribution >= 0.6 is 11.3 Å². The summed E-state index contributed by atoms with van der Waals surface area (Å²) in [6, 6.07) is 7.00. The van der Waals surface area contributed by atoms with Gasteiger partial charge in [-0.2, -0.15) is 0 Å². The third-order valence-electron chi connectivity index (χ3n) is 3.79. The Morgan fingerprint density at radius 1 is 1.05 bits per heavy atom. The molecule has 3 rings (SSSR count). The molecule has 1 atom stereocenters. The molecule has 0 unspecified atom stereocenters. The van der Waals surface area contributed by atoms with Gasteiger partial charge in [0.05, 0.1) is 6.04 Å². The fraction of sp³-hybridized carbons (Fsp3) is 0.333. The predicted octanol–water partition coefficient (Wildman–Crippen LogP) is 1.86. The molecule has 112 valence electrons. The molecule has 5 nitrogen and oxygen atoms in total. The van der Waals surface area contributed by atoms with Crippen LogP contribution in [0.25, 0.3) is 0 Å². The van der Waals surface area contributed by atoms with Crippen molar-refractivity contribution in [2.75, 3.05) is 26.2 Å². The smallest absolute Gasteiger partial charge is 0.200 e. The number of nitrogens with zero attached hydrogens (tertiary/aromatic N) is 1. The summed E-state index contributed by atoms with van der Waals surface area (Å²) in [5.41, 5.74) is 0.620. The predicted molar refractivity (Wildman–Crippen MR) is 82.0 cm³/mol. The van der Waals surface area contributed by atoms with Gasteiger partial charge in [0.2, 0.25) is 5.75 Å². The monoisotopic (exact) mass is 306 g/mol. The maximum absolute atomic E-state index is 10.2. The maximum atomic E-state index is 10.2. The van der Waals surface area contributed by atoms with Gasteiger partial charge in [-0.05, 0) is 23.6 Å². The molecule has 0 spiro atoms. The van der Waals surface area contributed by atoms with Crippen molar-refractivity contribution in [2.24, 2.45) is 0 Å². The quantitative estimate of drug-likeness (QED) is 0.651. The first-order chi connectivity index (χ1) is 10.2. The van der Waals surface area contributed by atoms with Gasteiger partial charge in [0.25, 0.3) is 0 Å². The molecule has 0 amide bonds. The second-order valence-corrected chi connectivity index (χ2v) is 6.05. The third kappa shape index (κ3) is 2.70. The lowest BCUT2D eigenvalue weighted by molar-refractivity contribution is 0.197. The van der Waals surface area contributed by atoms with Crippen LogP contribution in [0.1, 0.15) is 16.5 Å². The number of benzene rings is 1. The first-order valence-corrected chi connectivity index (χ1v) is 7.78. The van der Waals surface area contributed by atoms with E-state index in [1.165, 1.54) is 6.07 Å². The van der Waals surface area contributed by atoms with Gasteiger partial charge in [-0.3, -0.25) is 4.90 Å². The van der Waals surface area contributed by atoms with Gasteiger partial charge < -0.3 is 20.6 Å². The van der Waals surface area contributed by atoms with Gasteiger partial charge >= 0.3 is 0 Å². The number of rotatable bonds is 3. The number of piperazine rings is 1. The van der Waals surface area contributed by atoms with Crippen LogP contribution in [-0.2, 0) is 0 Å². The van der Waals surface area contributed by atoms with Crippen LogP contribution in [0, 0.1) is 0 Å². The molecule has 2 heterocycles. The van der Waals surface area contributed by atoms with Crippen LogP contribution in [0.15, 0.2) is 29.6 Å². The van der Waals surface area contributed by atoms with Gasteiger partial charge in [-0.1, -0.05) is 6.07 Å². The lowest BCUT2D eigenvalue weighted by atomic mass is 10.0. The van der Waals surface area contributed by atoms with Gasteiger partial charge in [0.15, 0.2) is 11.5 Å². The van der Waals surface area contributed by atoms with Crippen molar-refractivity contribution >= 4 is 11.3 Å². The van der Waals surface area contributed by atoms with Gasteiger partial charge in [0, 0.05) is 36.6 Å². The van der Waals surface area contributed by atoms with Crippen LogP contribution in [0.2, 0.25) is 0 Å². The number of hydrogen-bond donors (Lipinski definition) is 4. The Kier molecular flexibility index (Phi) is 4.01. The molecule has 4 N–H and O–H groups in total. The zero-order chi connectivity index (χ0) is 14.8. The van der Waals surface area contributed by atoms with Crippen LogP contribution in [0.4, 0.5) is 0 Å². The van der Waals surface area contributed by atoms with Crippen molar-refractivity contribution in [3.8, 4) is 17.2 Å². The van der Waals surface area contributed by atoms with Crippen molar-refractivity contribution in [2.45, 2.75) is 6.04 Å². The highest BCUT2D eigenvalue weighted by Gasteiger charge is 2.28. The standard InChI is InChI=1S/C15H18N2O3S/c18-11-4-3-10(14(19)15(11)20)13(12-2-1-9-21-12)17-7-5-16-6-8-17/h1-4,9,13,16,18-20H,5-8H2/t13-/m0/s1. The Bertz CT molecular complexity index is 610. The molecule has 6 heteroatoms. The van der Waals surface area contributed by atoms with Gasteiger partial charge in [-0.25, -0.2) is 0 Å². The Hall–Kier alpha value is -1.76. The average Bonchev–Trinajstić information content (AvgIpc) is 3.03. The molecular formula is C15H18N2O3S. The zero-order valence-corrected chi connectivity index (χ0v) is 12.3. The average molecular weight is 306 g/mol. The summed E-state index contributed by atoms with van der Waals surface area (Å²) in [5, 5.41) is 34.9. The van der Waals surface area contributed by atoms with E-state index in [9.17, 15) is 15.3 Å². The lowest BCUT2D eigenvalue weighted by Crippen LogP contribution is -2.45. The van der Waals surface area contributed by atoms with Crippen LogP contribution in [0.5, 0.6) is 17.2 Å². The molecule has 1 aliphatic rings. The Morgan fingerprint density at radius 2 is 1.81 bits per heavy atom.